The van der Waals surface area contributed by atoms with Gasteiger partial charge in [0.15, 0.2) is 0 Å². The van der Waals surface area contributed by atoms with Crippen LogP contribution < -0.4 is 5.32 Å². The van der Waals surface area contributed by atoms with Crippen molar-refractivity contribution in [2.24, 2.45) is 0 Å². The summed E-state index contributed by atoms with van der Waals surface area (Å²) < 4.78 is 26.6. The van der Waals surface area contributed by atoms with Gasteiger partial charge in [-0.3, -0.25) is 0 Å². The van der Waals surface area contributed by atoms with Crippen LogP contribution in [0.1, 0.15) is 32.1 Å². The van der Waals surface area contributed by atoms with Crippen molar-refractivity contribution in [3.05, 3.63) is 28.0 Å². The summed E-state index contributed by atoms with van der Waals surface area (Å²) in [5.74, 6) is 0. The standard InChI is InChI=1S/C14H22N2O2S2/c1-11(2)15-9-13-8-14(10-19-13)20(17,18)16-6-4-12(3)5-7-16/h4,8,10-11,15H,5-7,9H2,1-3H3. The van der Waals surface area contributed by atoms with Gasteiger partial charge >= 0.3 is 0 Å². The Kier molecular flexibility index (Phi) is 5.01. The second-order valence-corrected chi connectivity index (χ2v) is 8.38. The first-order valence-electron chi connectivity index (χ1n) is 6.86. The molecule has 1 aromatic rings. The largest absolute Gasteiger partial charge is 0.310 e. The van der Waals surface area contributed by atoms with E-state index in [4.69, 9.17) is 0 Å². The van der Waals surface area contributed by atoms with E-state index >= 15 is 0 Å². The number of nitrogens with one attached hydrogen (secondary N) is 1. The fourth-order valence-corrected chi connectivity index (χ4v) is 4.61. The quantitative estimate of drug-likeness (QED) is 0.850. The van der Waals surface area contributed by atoms with E-state index in [1.165, 1.54) is 16.9 Å². The molecule has 4 nitrogen and oxygen atoms in total. The summed E-state index contributed by atoms with van der Waals surface area (Å²) in [5, 5.41) is 5.05. The summed E-state index contributed by atoms with van der Waals surface area (Å²) in [4.78, 5) is 1.48. The van der Waals surface area contributed by atoms with E-state index in [9.17, 15) is 8.42 Å². The number of hydrogen-bond donors (Lipinski definition) is 1. The zero-order chi connectivity index (χ0) is 14.8. The highest BCUT2D eigenvalue weighted by atomic mass is 32.2. The maximum atomic E-state index is 12.5. The lowest BCUT2D eigenvalue weighted by Gasteiger charge is -2.24. The average Bonchev–Trinajstić information content (AvgIpc) is 2.86. The smallest absolute Gasteiger partial charge is 0.244 e. The molecule has 0 unspecified atom stereocenters. The highest BCUT2D eigenvalue weighted by Crippen LogP contribution is 2.24. The van der Waals surface area contributed by atoms with Crippen LogP contribution in [0.25, 0.3) is 0 Å². The van der Waals surface area contributed by atoms with Crippen LogP contribution in [0.5, 0.6) is 0 Å². The molecule has 6 heteroatoms. The third kappa shape index (κ3) is 3.69. The van der Waals surface area contributed by atoms with Gasteiger partial charge in [-0.2, -0.15) is 4.31 Å². The first kappa shape index (κ1) is 15.7. The number of hydrogen-bond acceptors (Lipinski definition) is 4. The van der Waals surface area contributed by atoms with Gasteiger partial charge in [-0.1, -0.05) is 25.5 Å². The maximum absolute atomic E-state index is 12.5. The highest BCUT2D eigenvalue weighted by molar-refractivity contribution is 7.89. The topological polar surface area (TPSA) is 49.4 Å². The molecule has 2 heterocycles. The summed E-state index contributed by atoms with van der Waals surface area (Å²) in [6.07, 6.45) is 2.82. The summed E-state index contributed by atoms with van der Waals surface area (Å²) in [7, 11) is -3.33. The zero-order valence-electron chi connectivity index (χ0n) is 12.2. The second-order valence-electron chi connectivity index (χ2n) is 5.45. The Balaban J connectivity index is 2.10. The van der Waals surface area contributed by atoms with Crippen LogP contribution in [-0.2, 0) is 16.6 Å². The van der Waals surface area contributed by atoms with Gasteiger partial charge in [-0.25, -0.2) is 8.42 Å². The van der Waals surface area contributed by atoms with E-state index in [0.29, 0.717) is 24.0 Å². The van der Waals surface area contributed by atoms with Crippen LogP contribution in [0.4, 0.5) is 0 Å². The fourth-order valence-electron chi connectivity index (χ4n) is 2.01. The minimum atomic E-state index is -3.33. The molecule has 0 atom stereocenters. The molecular weight excluding hydrogens is 292 g/mol. The number of rotatable bonds is 5. The average molecular weight is 314 g/mol. The molecule has 0 radical (unpaired) electrons. The molecule has 0 aromatic carbocycles. The van der Waals surface area contributed by atoms with Gasteiger partial charge in [0.1, 0.15) is 0 Å². The van der Waals surface area contributed by atoms with Crippen LogP contribution in [0.2, 0.25) is 0 Å². The van der Waals surface area contributed by atoms with Gasteiger partial charge in [0.25, 0.3) is 0 Å². The highest BCUT2D eigenvalue weighted by Gasteiger charge is 2.26. The van der Waals surface area contributed by atoms with Crippen molar-refractivity contribution >= 4 is 21.4 Å². The van der Waals surface area contributed by atoms with Crippen molar-refractivity contribution in [2.45, 2.75) is 44.7 Å². The Morgan fingerprint density at radius 3 is 2.80 bits per heavy atom. The van der Waals surface area contributed by atoms with Crippen LogP contribution in [-0.4, -0.2) is 31.9 Å². The Morgan fingerprint density at radius 1 is 1.45 bits per heavy atom. The second kappa shape index (κ2) is 6.39. The first-order valence-corrected chi connectivity index (χ1v) is 9.18. The lowest BCUT2D eigenvalue weighted by atomic mass is 10.1. The van der Waals surface area contributed by atoms with Crippen LogP contribution >= 0.6 is 11.3 Å². The molecular formula is C14H22N2O2S2. The fraction of sp³-hybridized carbons (Fsp3) is 0.571. The van der Waals surface area contributed by atoms with Gasteiger partial charge in [0, 0.05) is 35.9 Å². The van der Waals surface area contributed by atoms with Gasteiger partial charge in [-0.15, -0.1) is 11.3 Å². The molecule has 112 valence electrons. The van der Waals surface area contributed by atoms with E-state index in [2.05, 4.69) is 19.2 Å². The minimum Gasteiger partial charge on any atom is -0.310 e. The third-order valence-electron chi connectivity index (χ3n) is 3.35. The normalized spacial score (nSPS) is 17.5. The van der Waals surface area contributed by atoms with Crippen LogP contribution in [0, 0.1) is 0 Å². The molecule has 0 bridgehead atoms. The molecule has 1 aliphatic rings. The predicted octanol–water partition coefficient (Wildman–Crippen LogP) is 2.59. The Morgan fingerprint density at radius 2 is 2.20 bits per heavy atom. The van der Waals surface area contributed by atoms with Crippen molar-refractivity contribution in [3.8, 4) is 0 Å². The monoisotopic (exact) mass is 314 g/mol. The third-order valence-corrected chi connectivity index (χ3v) is 6.28. The summed E-state index contributed by atoms with van der Waals surface area (Å²) in [6, 6.07) is 2.19. The molecule has 0 saturated heterocycles. The van der Waals surface area contributed by atoms with Crippen molar-refractivity contribution in [1.82, 2.24) is 9.62 Å². The van der Waals surface area contributed by atoms with E-state index in [1.807, 2.05) is 13.0 Å². The van der Waals surface area contributed by atoms with Crippen molar-refractivity contribution < 1.29 is 8.42 Å². The molecule has 1 aliphatic heterocycles. The Labute approximate surface area is 125 Å². The van der Waals surface area contributed by atoms with Gasteiger partial charge in [0.05, 0.1) is 4.90 Å². The SMILES string of the molecule is CC1=CCN(S(=O)(=O)c2csc(CNC(C)C)c2)CC1. The number of sulfonamides is 1. The Bertz CT molecular complexity index is 588. The lowest BCUT2D eigenvalue weighted by Crippen LogP contribution is -2.34. The predicted molar refractivity (Wildman–Crippen MR) is 83.4 cm³/mol. The van der Waals surface area contributed by atoms with E-state index in [-0.39, 0.29) is 0 Å². The first-order chi connectivity index (χ1) is 9.39. The van der Waals surface area contributed by atoms with Crippen molar-refractivity contribution in [2.75, 3.05) is 13.1 Å². The summed E-state index contributed by atoms with van der Waals surface area (Å²) in [6.45, 7) is 7.99. The van der Waals surface area contributed by atoms with Crippen LogP contribution in [0.15, 0.2) is 28.0 Å². The molecule has 0 spiro atoms. The van der Waals surface area contributed by atoms with Crippen molar-refractivity contribution in [3.63, 3.8) is 0 Å². The molecule has 0 saturated carbocycles. The van der Waals surface area contributed by atoms with Gasteiger partial charge in [-0.05, 0) is 19.4 Å². The minimum absolute atomic E-state index is 0.396. The van der Waals surface area contributed by atoms with E-state index in [0.717, 1.165) is 17.8 Å². The summed E-state index contributed by atoms with van der Waals surface area (Å²) in [5.41, 5.74) is 1.27. The van der Waals surface area contributed by atoms with E-state index < -0.39 is 10.0 Å². The Hall–Kier alpha value is -0.690. The van der Waals surface area contributed by atoms with Crippen molar-refractivity contribution in [1.29, 1.82) is 0 Å². The van der Waals surface area contributed by atoms with Crippen LogP contribution in [0.3, 0.4) is 0 Å². The molecule has 1 N–H and O–H groups in total. The molecule has 0 fully saturated rings. The molecule has 20 heavy (non-hydrogen) atoms. The zero-order valence-corrected chi connectivity index (χ0v) is 13.9. The van der Waals surface area contributed by atoms with Gasteiger partial charge < -0.3 is 5.32 Å². The number of thiophene rings is 1. The van der Waals surface area contributed by atoms with E-state index in [1.54, 1.807) is 15.8 Å². The molecule has 0 amide bonds. The number of nitrogens with zero attached hydrogens (tertiary/aromatic N) is 1. The molecule has 0 aliphatic carbocycles. The lowest BCUT2D eigenvalue weighted by molar-refractivity contribution is 0.431. The molecule has 2 rings (SSSR count). The summed E-state index contributed by atoms with van der Waals surface area (Å²) >= 11 is 1.50. The maximum Gasteiger partial charge on any atom is 0.244 e. The molecule has 1 aromatic heterocycles. The van der Waals surface area contributed by atoms with Gasteiger partial charge in [0.2, 0.25) is 10.0 Å².